The molecule has 3 aromatic rings. The molecule has 2 aliphatic carbocycles. The molecule has 1 saturated heterocycles. The summed E-state index contributed by atoms with van der Waals surface area (Å²) in [6, 6.07) is 3.73. The highest BCUT2D eigenvalue weighted by atomic mass is 16.1. The zero-order valence-corrected chi connectivity index (χ0v) is 20.1. The number of anilines is 3. The van der Waals surface area contributed by atoms with Crippen LogP contribution in [0, 0.1) is 11.3 Å². The number of piperazine rings is 1. The van der Waals surface area contributed by atoms with Gasteiger partial charge in [-0.15, -0.1) is 0 Å². The first kappa shape index (κ1) is 22.0. The van der Waals surface area contributed by atoms with Crippen molar-refractivity contribution < 1.29 is 0 Å². The van der Waals surface area contributed by atoms with E-state index in [1.54, 1.807) is 16.8 Å². The summed E-state index contributed by atoms with van der Waals surface area (Å²) in [4.78, 5) is 32.0. The summed E-state index contributed by atoms with van der Waals surface area (Å²) in [5.74, 6) is 1.24. The standard InChI is InChI=1S/C26H30N8O/c1-32-9-11-33(12-10-32)22-16-28-23(21-8-4-7-20(21)22)30-26-29-15-18-13-17(14-27)25(35)34(24(18)31-26)19-5-2-3-6-19/h13,15-16,19H,2-12H2,1H3,(H,28,29,30,31). The largest absolute Gasteiger partial charge is 0.367 e. The van der Waals surface area contributed by atoms with Crippen LogP contribution in [-0.4, -0.2) is 57.6 Å². The first-order valence-corrected chi connectivity index (χ1v) is 12.7. The van der Waals surface area contributed by atoms with Gasteiger partial charge < -0.3 is 15.1 Å². The van der Waals surface area contributed by atoms with Crippen molar-refractivity contribution in [3.63, 3.8) is 0 Å². The van der Waals surface area contributed by atoms with Crippen LogP contribution in [0.25, 0.3) is 11.0 Å². The Labute approximate surface area is 204 Å². The second-order valence-corrected chi connectivity index (χ2v) is 9.97. The molecule has 1 aliphatic heterocycles. The zero-order valence-electron chi connectivity index (χ0n) is 20.1. The minimum atomic E-state index is -0.257. The lowest BCUT2D eigenvalue weighted by Gasteiger charge is -2.35. The van der Waals surface area contributed by atoms with E-state index in [1.807, 2.05) is 12.3 Å². The summed E-state index contributed by atoms with van der Waals surface area (Å²) >= 11 is 0. The van der Waals surface area contributed by atoms with Gasteiger partial charge in [0.1, 0.15) is 23.1 Å². The van der Waals surface area contributed by atoms with Crippen molar-refractivity contribution in [1.29, 1.82) is 5.26 Å². The number of likely N-dealkylation sites (N-methyl/N-ethyl adjacent to an activating group) is 1. The van der Waals surface area contributed by atoms with Crippen molar-refractivity contribution in [1.82, 2.24) is 24.4 Å². The van der Waals surface area contributed by atoms with Gasteiger partial charge in [0, 0.05) is 49.4 Å². The Hall–Kier alpha value is -3.51. The fourth-order valence-corrected chi connectivity index (χ4v) is 5.86. The fourth-order valence-electron chi connectivity index (χ4n) is 5.86. The lowest BCUT2D eigenvalue weighted by atomic mass is 10.1. The molecular weight excluding hydrogens is 440 g/mol. The van der Waals surface area contributed by atoms with Gasteiger partial charge in [-0.25, -0.2) is 9.97 Å². The van der Waals surface area contributed by atoms with Gasteiger partial charge in [0.05, 0.1) is 11.9 Å². The summed E-state index contributed by atoms with van der Waals surface area (Å²) in [6.45, 7) is 4.18. The number of pyridine rings is 2. The number of fused-ring (bicyclic) bond motifs is 2. The molecule has 6 rings (SSSR count). The molecule has 3 aromatic heterocycles. The smallest absolute Gasteiger partial charge is 0.270 e. The lowest BCUT2D eigenvalue weighted by Crippen LogP contribution is -2.44. The van der Waals surface area contributed by atoms with Gasteiger partial charge in [-0.3, -0.25) is 9.36 Å². The topological polar surface area (TPSA) is 103 Å². The number of hydrogen-bond acceptors (Lipinski definition) is 8. The average molecular weight is 471 g/mol. The molecule has 0 atom stereocenters. The van der Waals surface area contributed by atoms with Crippen LogP contribution in [0.3, 0.4) is 0 Å². The molecule has 0 aromatic carbocycles. The van der Waals surface area contributed by atoms with E-state index in [0.29, 0.717) is 17.0 Å². The molecule has 4 heterocycles. The summed E-state index contributed by atoms with van der Waals surface area (Å²) in [5.41, 5.74) is 4.37. The second kappa shape index (κ2) is 8.93. The van der Waals surface area contributed by atoms with E-state index in [2.05, 4.69) is 27.1 Å². The summed E-state index contributed by atoms with van der Waals surface area (Å²) < 4.78 is 1.72. The van der Waals surface area contributed by atoms with Crippen LogP contribution < -0.4 is 15.8 Å². The van der Waals surface area contributed by atoms with Gasteiger partial charge in [-0.1, -0.05) is 12.8 Å². The molecule has 3 aliphatic rings. The van der Waals surface area contributed by atoms with Crippen molar-refractivity contribution in [3.05, 3.63) is 45.5 Å². The molecular formula is C26H30N8O. The molecule has 35 heavy (non-hydrogen) atoms. The molecule has 1 N–H and O–H groups in total. The predicted octanol–water partition coefficient (Wildman–Crippen LogP) is 3.16. The highest BCUT2D eigenvalue weighted by Crippen LogP contribution is 2.36. The minimum absolute atomic E-state index is 0.0753. The van der Waals surface area contributed by atoms with E-state index in [0.717, 1.165) is 76.9 Å². The Bertz CT molecular complexity index is 1380. The van der Waals surface area contributed by atoms with Crippen LogP contribution in [0.1, 0.15) is 54.8 Å². The SMILES string of the molecule is CN1CCN(c2cnc(Nc3ncc4cc(C#N)c(=O)n(C5CCCC5)c4n3)c3c2CCC3)CC1. The first-order chi connectivity index (χ1) is 17.1. The Kier molecular flexibility index (Phi) is 5.61. The Morgan fingerprint density at radius 1 is 1.03 bits per heavy atom. The van der Waals surface area contributed by atoms with Crippen molar-refractivity contribution in [2.24, 2.45) is 0 Å². The van der Waals surface area contributed by atoms with E-state index < -0.39 is 0 Å². The van der Waals surface area contributed by atoms with Crippen LogP contribution in [0.15, 0.2) is 23.3 Å². The third-order valence-corrected chi connectivity index (χ3v) is 7.79. The normalized spacial score (nSPS) is 18.7. The maximum atomic E-state index is 13.1. The maximum Gasteiger partial charge on any atom is 0.270 e. The highest BCUT2D eigenvalue weighted by Gasteiger charge is 2.26. The maximum absolute atomic E-state index is 13.1. The Balaban J connectivity index is 1.37. The Morgan fingerprint density at radius 2 is 1.80 bits per heavy atom. The van der Waals surface area contributed by atoms with Crippen LogP contribution >= 0.6 is 0 Å². The van der Waals surface area contributed by atoms with Crippen LogP contribution in [0.2, 0.25) is 0 Å². The molecule has 2 fully saturated rings. The van der Waals surface area contributed by atoms with E-state index >= 15 is 0 Å². The number of nitriles is 1. The Morgan fingerprint density at radius 3 is 2.57 bits per heavy atom. The predicted molar refractivity (Wildman–Crippen MR) is 135 cm³/mol. The van der Waals surface area contributed by atoms with E-state index in [-0.39, 0.29) is 17.2 Å². The third kappa shape index (κ3) is 3.92. The monoisotopic (exact) mass is 470 g/mol. The van der Waals surface area contributed by atoms with Crippen molar-refractivity contribution in [2.45, 2.75) is 51.0 Å². The van der Waals surface area contributed by atoms with E-state index in [1.165, 1.54) is 16.8 Å². The zero-order chi connectivity index (χ0) is 23.9. The number of nitrogens with zero attached hydrogens (tertiary/aromatic N) is 7. The van der Waals surface area contributed by atoms with Crippen molar-refractivity contribution in [3.8, 4) is 6.07 Å². The molecule has 0 spiro atoms. The van der Waals surface area contributed by atoms with Gasteiger partial charge >= 0.3 is 0 Å². The minimum Gasteiger partial charge on any atom is -0.367 e. The van der Waals surface area contributed by atoms with Crippen LogP contribution in [-0.2, 0) is 12.8 Å². The van der Waals surface area contributed by atoms with E-state index in [4.69, 9.17) is 9.97 Å². The summed E-state index contributed by atoms with van der Waals surface area (Å²) in [7, 11) is 2.17. The second-order valence-electron chi connectivity index (χ2n) is 9.97. The van der Waals surface area contributed by atoms with E-state index in [9.17, 15) is 10.1 Å². The average Bonchev–Trinajstić information content (AvgIpc) is 3.57. The number of nitrogens with one attached hydrogen (secondary N) is 1. The van der Waals surface area contributed by atoms with Crippen molar-refractivity contribution in [2.75, 3.05) is 43.4 Å². The number of hydrogen-bond donors (Lipinski definition) is 1. The number of rotatable bonds is 4. The molecule has 9 heteroatoms. The number of aromatic nitrogens is 4. The lowest BCUT2D eigenvalue weighted by molar-refractivity contribution is 0.312. The fraction of sp³-hybridized carbons (Fsp3) is 0.500. The van der Waals surface area contributed by atoms with Crippen LogP contribution in [0.4, 0.5) is 17.5 Å². The van der Waals surface area contributed by atoms with Gasteiger partial charge in [-0.05, 0) is 50.8 Å². The van der Waals surface area contributed by atoms with Crippen molar-refractivity contribution >= 4 is 28.5 Å². The first-order valence-electron chi connectivity index (χ1n) is 12.7. The summed E-state index contributed by atoms with van der Waals surface area (Å²) in [6.07, 6.45) is 10.9. The highest BCUT2D eigenvalue weighted by molar-refractivity contribution is 5.78. The molecule has 0 bridgehead atoms. The van der Waals surface area contributed by atoms with Gasteiger partial charge in [-0.2, -0.15) is 10.2 Å². The van der Waals surface area contributed by atoms with Gasteiger partial charge in [0.25, 0.3) is 5.56 Å². The molecule has 1 saturated carbocycles. The quantitative estimate of drug-likeness (QED) is 0.620. The van der Waals surface area contributed by atoms with Gasteiger partial charge in [0.15, 0.2) is 0 Å². The van der Waals surface area contributed by atoms with Gasteiger partial charge in [0.2, 0.25) is 5.95 Å². The third-order valence-electron chi connectivity index (χ3n) is 7.79. The molecule has 9 nitrogen and oxygen atoms in total. The summed E-state index contributed by atoms with van der Waals surface area (Å²) in [5, 5.41) is 13.6. The molecule has 180 valence electrons. The molecule has 0 radical (unpaired) electrons. The van der Waals surface area contributed by atoms with Crippen LogP contribution in [0.5, 0.6) is 0 Å². The molecule has 0 amide bonds. The molecule has 0 unspecified atom stereocenters.